The normalized spacial score (nSPS) is 16.9. The first-order valence-electron chi connectivity index (χ1n) is 3.96. The average molecular weight is 226 g/mol. The number of benzene rings is 1. The molecule has 0 atom stereocenters. The molecule has 1 aromatic carbocycles. The summed E-state index contributed by atoms with van der Waals surface area (Å²) in [5.41, 5.74) is -0.289. The van der Waals surface area contributed by atoms with E-state index >= 15 is 0 Å². The Kier molecular flexibility index (Phi) is 1.84. The Labute approximate surface area is 85.2 Å². The predicted octanol–water partition coefficient (Wildman–Crippen LogP) is 0.605. The van der Waals surface area contributed by atoms with Crippen LogP contribution in [0.2, 0.25) is 0 Å². The third-order valence-electron chi connectivity index (χ3n) is 2.07. The highest BCUT2D eigenvalue weighted by atomic mass is 32.2. The first kappa shape index (κ1) is 9.72. The maximum absolute atomic E-state index is 11.5. The third kappa shape index (κ3) is 1.30. The SMILES string of the molecule is O=C(O)C1=CS(=O)(=O)c2c(O)cccc21. The van der Waals surface area contributed by atoms with E-state index in [2.05, 4.69) is 0 Å². The van der Waals surface area contributed by atoms with Gasteiger partial charge in [0.15, 0.2) is 0 Å². The van der Waals surface area contributed by atoms with Gasteiger partial charge in [0.1, 0.15) is 10.6 Å². The molecule has 5 nitrogen and oxygen atoms in total. The molecule has 0 radical (unpaired) electrons. The number of phenolic OH excluding ortho intramolecular Hbond substituents is 1. The van der Waals surface area contributed by atoms with Crippen molar-refractivity contribution in [2.24, 2.45) is 0 Å². The number of hydrogen-bond donors (Lipinski definition) is 2. The van der Waals surface area contributed by atoms with Gasteiger partial charge >= 0.3 is 5.97 Å². The van der Waals surface area contributed by atoms with Crippen molar-refractivity contribution in [2.75, 3.05) is 0 Å². The Bertz CT molecular complexity index is 583. The third-order valence-corrected chi connectivity index (χ3v) is 3.62. The van der Waals surface area contributed by atoms with Gasteiger partial charge in [-0.15, -0.1) is 0 Å². The number of hydrogen-bond acceptors (Lipinski definition) is 4. The minimum Gasteiger partial charge on any atom is -0.507 e. The molecule has 0 spiro atoms. The number of carboxylic acids is 1. The zero-order valence-electron chi connectivity index (χ0n) is 7.34. The van der Waals surface area contributed by atoms with E-state index in [-0.39, 0.29) is 16.0 Å². The minimum atomic E-state index is -3.82. The van der Waals surface area contributed by atoms with Gasteiger partial charge < -0.3 is 10.2 Å². The van der Waals surface area contributed by atoms with E-state index in [1.807, 2.05) is 0 Å². The highest BCUT2D eigenvalue weighted by molar-refractivity contribution is 7.95. The number of phenols is 1. The Morgan fingerprint density at radius 3 is 2.53 bits per heavy atom. The lowest BCUT2D eigenvalue weighted by Crippen LogP contribution is -1.97. The standard InChI is InChI=1S/C9H6O5S/c10-7-3-1-2-5-6(9(11)12)4-15(13,14)8(5)7/h1-4,10H,(H,11,12). The largest absolute Gasteiger partial charge is 0.507 e. The number of aliphatic carboxylic acids is 1. The van der Waals surface area contributed by atoms with Crippen LogP contribution in [0.4, 0.5) is 0 Å². The van der Waals surface area contributed by atoms with Gasteiger partial charge in [-0.1, -0.05) is 12.1 Å². The van der Waals surface area contributed by atoms with Gasteiger partial charge in [0, 0.05) is 5.56 Å². The highest BCUT2D eigenvalue weighted by Gasteiger charge is 2.32. The molecule has 78 valence electrons. The quantitative estimate of drug-likeness (QED) is 0.731. The van der Waals surface area contributed by atoms with Crippen LogP contribution in [0.25, 0.3) is 5.57 Å². The van der Waals surface area contributed by atoms with E-state index in [9.17, 15) is 18.3 Å². The van der Waals surface area contributed by atoms with Crippen LogP contribution in [0, 0.1) is 0 Å². The van der Waals surface area contributed by atoms with Crippen molar-refractivity contribution in [1.29, 1.82) is 0 Å². The molecule has 0 bridgehead atoms. The Balaban J connectivity index is 2.85. The topological polar surface area (TPSA) is 91.7 Å². The van der Waals surface area contributed by atoms with Crippen LogP contribution < -0.4 is 0 Å². The number of rotatable bonds is 1. The summed E-state index contributed by atoms with van der Waals surface area (Å²) in [5, 5.41) is 18.8. The van der Waals surface area contributed by atoms with Gasteiger partial charge in [0.2, 0.25) is 9.84 Å². The first-order chi connectivity index (χ1) is 6.93. The molecule has 2 N–H and O–H groups in total. The molecule has 0 aromatic heterocycles. The van der Waals surface area contributed by atoms with E-state index < -0.39 is 21.6 Å². The van der Waals surface area contributed by atoms with Gasteiger partial charge in [-0.05, 0) is 6.07 Å². The molecule has 1 aliphatic rings. The Hall–Kier alpha value is -1.82. The summed E-state index contributed by atoms with van der Waals surface area (Å²) in [5.74, 6) is -1.76. The number of fused-ring (bicyclic) bond motifs is 1. The van der Waals surface area contributed by atoms with Crippen LogP contribution in [0.3, 0.4) is 0 Å². The Morgan fingerprint density at radius 2 is 1.93 bits per heavy atom. The average Bonchev–Trinajstić information content (AvgIpc) is 2.39. The van der Waals surface area contributed by atoms with Crippen molar-refractivity contribution >= 4 is 21.4 Å². The Morgan fingerprint density at radius 1 is 1.27 bits per heavy atom. The van der Waals surface area contributed by atoms with E-state index in [0.29, 0.717) is 5.41 Å². The summed E-state index contributed by atoms with van der Waals surface area (Å²) in [6.45, 7) is 0. The molecule has 1 heterocycles. The molecule has 0 saturated heterocycles. The van der Waals surface area contributed by atoms with Crippen molar-refractivity contribution in [2.45, 2.75) is 4.90 Å². The summed E-state index contributed by atoms with van der Waals surface area (Å²) >= 11 is 0. The van der Waals surface area contributed by atoms with E-state index in [1.54, 1.807) is 0 Å². The first-order valence-corrected chi connectivity index (χ1v) is 5.50. The number of aromatic hydroxyl groups is 1. The zero-order chi connectivity index (χ0) is 11.2. The molecule has 2 rings (SSSR count). The summed E-state index contributed by atoms with van der Waals surface area (Å²) < 4.78 is 23.0. The fourth-order valence-corrected chi connectivity index (χ4v) is 2.98. The molecule has 1 aliphatic heterocycles. The number of sulfone groups is 1. The molecular formula is C9H6O5S. The molecule has 0 aliphatic carbocycles. The van der Waals surface area contributed by atoms with Crippen molar-refractivity contribution in [3.8, 4) is 5.75 Å². The fourth-order valence-electron chi connectivity index (χ4n) is 1.48. The lowest BCUT2D eigenvalue weighted by Gasteiger charge is -2.01. The lowest BCUT2D eigenvalue weighted by atomic mass is 10.1. The van der Waals surface area contributed by atoms with Crippen LogP contribution >= 0.6 is 0 Å². The molecular weight excluding hydrogens is 220 g/mol. The van der Waals surface area contributed by atoms with Crippen LogP contribution in [-0.2, 0) is 14.6 Å². The van der Waals surface area contributed by atoms with Gasteiger partial charge in [-0.25, -0.2) is 13.2 Å². The summed E-state index contributed by atoms with van der Waals surface area (Å²) in [4.78, 5) is 10.4. The van der Waals surface area contributed by atoms with Crippen molar-refractivity contribution < 1.29 is 23.4 Å². The molecule has 1 aromatic rings. The van der Waals surface area contributed by atoms with E-state index in [4.69, 9.17) is 5.11 Å². The fraction of sp³-hybridized carbons (Fsp3) is 0. The summed E-state index contributed by atoms with van der Waals surface area (Å²) in [7, 11) is -3.82. The van der Waals surface area contributed by atoms with Gasteiger partial charge in [0.05, 0.1) is 11.0 Å². The molecule has 0 unspecified atom stereocenters. The molecule has 0 amide bonds. The molecule has 0 fully saturated rings. The monoisotopic (exact) mass is 226 g/mol. The van der Waals surface area contributed by atoms with Crippen LogP contribution in [0.5, 0.6) is 5.75 Å². The van der Waals surface area contributed by atoms with Crippen molar-refractivity contribution in [3.63, 3.8) is 0 Å². The van der Waals surface area contributed by atoms with Crippen LogP contribution in [-0.4, -0.2) is 24.6 Å². The van der Waals surface area contributed by atoms with Crippen LogP contribution in [0.1, 0.15) is 5.56 Å². The zero-order valence-corrected chi connectivity index (χ0v) is 8.15. The summed E-state index contributed by atoms with van der Waals surface area (Å²) in [6, 6.07) is 3.94. The predicted molar refractivity (Wildman–Crippen MR) is 50.9 cm³/mol. The van der Waals surface area contributed by atoms with Gasteiger partial charge in [-0.3, -0.25) is 0 Å². The van der Waals surface area contributed by atoms with Gasteiger partial charge in [0.25, 0.3) is 0 Å². The van der Waals surface area contributed by atoms with E-state index in [1.165, 1.54) is 18.2 Å². The van der Waals surface area contributed by atoms with Gasteiger partial charge in [-0.2, -0.15) is 0 Å². The second kappa shape index (κ2) is 2.83. The second-order valence-electron chi connectivity index (χ2n) is 3.04. The smallest absolute Gasteiger partial charge is 0.337 e. The summed E-state index contributed by atoms with van der Waals surface area (Å²) in [6.07, 6.45) is 0. The lowest BCUT2D eigenvalue weighted by molar-refractivity contribution is -0.130. The molecule has 15 heavy (non-hydrogen) atoms. The molecule has 0 saturated carbocycles. The van der Waals surface area contributed by atoms with Crippen molar-refractivity contribution in [3.05, 3.63) is 29.2 Å². The van der Waals surface area contributed by atoms with E-state index in [0.717, 1.165) is 0 Å². The second-order valence-corrected chi connectivity index (χ2v) is 4.77. The van der Waals surface area contributed by atoms with Crippen molar-refractivity contribution in [1.82, 2.24) is 0 Å². The maximum Gasteiger partial charge on any atom is 0.337 e. The van der Waals surface area contributed by atoms with Crippen LogP contribution in [0.15, 0.2) is 28.5 Å². The number of carboxylic acid groups (broad SMARTS) is 1. The maximum atomic E-state index is 11.5. The minimum absolute atomic E-state index is 0.0301. The molecule has 6 heteroatoms. The number of carbonyl (C=O) groups is 1. The highest BCUT2D eigenvalue weighted by Crippen LogP contribution is 2.38.